The summed E-state index contributed by atoms with van der Waals surface area (Å²) < 4.78 is 0. The first-order valence-corrected chi connectivity index (χ1v) is 8.67. The summed E-state index contributed by atoms with van der Waals surface area (Å²) in [7, 11) is 1.49. The predicted octanol–water partition coefficient (Wildman–Crippen LogP) is 2.08. The highest BCUT2D eigenvalue weighted by Gasteiger charge is 2.34. The summed E-state index contributed by atoms with van der Waals surface area (Å²) in [5.74, 6) is -1.38. The second-order valence-corrected chi connectivity index (χ2v) is 6.54. The van der Waals surface area contributed by atoms with E-state index in [1.54, 1.807) is 30.3 Å². The van der Waals surface area contributed by atoms with Crippen LogP contribution in [0.15, 0.2) is 48.5 Å². The number of amides is 5. The third-order valence-corrected chi connectivity index (χ3v) is 4.25. The molecule has 2 aromatic rings. The Labute approximate surface area is 162 Å². The molecule has 0 bridgehead atoms. The number of hydrogen-bond donors (Lipinski definition) is 2. The van der Waals surface area contributed by atoms with Gasteiger partial charge in [-0.15, -0.1) is 0 Å². The summed E-state index contributed by atoms with van der Waals surface area (Å²) in [4.78, 5) is 50.8. The van der Waals surface area contributed by atoms with E-state index in [-0.39, 0.29) is 18.0 Å². The fraction of sp³-hybridized carbons (Fsp3) is 0.200. The molecule has 0 saturated carbocycles. The number of para-hydroxylation sites is 1. The molecule has 1 heterocycles. The van der Waals surface area contributed by atoms with E-state index in [0.717, 1.165) is 10.5 Å². The van der Waals surface area contributed by atoms with Crippen LogP contribution in [0.4, 0.5) is 16.2 Å². The Morgan fingerprint density at radius 3 is 2.46 bits per heavy atom. The number of urea groups is 1. The molecule has 2 N–H and O–H groups in total. The smallest absolute Gasteiger partial charge is 0.324 e. The van der Waals surface area contributed by atoms with Crippen LogP contribution in [0.2, 0.25) is 0 Å². The van der Waals surface area contributed by atoms with Gasteiger partial charge in [-0.25, -0.2) is 4.79 Å². The largest absolute Gasteiger partial charge is 0.327 e. The van der Waals surface area contributed by atoms with Gasteiger partial charge in [0, 0.05) is 12.7 Å². The number of hydrogen-bond acceptors (Lipinski definition) is 4. The Morgan fingerprint density at radius 2 is 1.79 bits per heavy atom. The van der Waals surface area contributed by atoms with Gasteiger partial charge in [-0.2, -0.15) is 0 Å². The monoisotopic (exact) mass is 380 g/mol. The minimum absolute atomic E-state index is 0.0540. The van der Waals surface area contributed by atoms with Gasteiger partial charge < -0.3 is 15.5 Å². The third kappa shape index (κ3) is 4.17. The van der Waals surface area contributed by atoms with Crippen molar-refractivity contribution < 1.29 is 19.2 Å². The second-order valence-electron chi connectivity index (χ2n) is 6.54. The summed E-state index contributed by atoms with van der Waals surface area (Å²) in [6, 6.07) is 13.4. The first-order valence-electron chi connectivity index (χ1n) is 8.67. The predicted molar refractivity (Wildman–Crippen MR) is 104 cm³/mol. The summed E-state index contributed by atoms with van der Waals surface area (Å²) in [5, 5.41) is 5.40. The first-order chi connectivity index (χ1) is 13.3. The van der Waals surface area contributed by atoms with Gasteiger partial charge in [0.05, 0.1) is 11.3 Å². The van der Waals surface area contributed by atoms with E-state index >= 15 is 0 Å². The summed E-state index contributed by atoms with van der Waals surface area (Å²) in [5.41, 5.74) is 2.21. The molecule has 8 nitrogen and oxygen atoms in total. The average Bonchev–Trinajstić information content (AvgIpc) is 2.88. The zero-order chi connectivity index (χ0) is 20.3. The lowest BCUT2D eigenvalue weighted by Crippen LogP contribution is -2.38. The average molecular weight is 380 g/mol. The van der Waals surface area contributed by atoms with Crippen LogP contribution in [0, 0.1) is 6.92 Å². The molecule has 0 unspecified atom stereocenters. The molecule has 0 aromatic heterocycles. The zero-order valence-corrected chi connectivity index (χ0v) is 15.6. The van der Waals surface area contributed by atoms with E-state index in [2.05, 4.69) is 10.6 Å². The quantitative estimate of drug-likeness (QED) is 0.776. The summed E-state index contributed by atoms with van der Waals surface area (Å²) >= 11 is 0. The number of carbonyl (C=O) groups is 4. The first kappa shape index (κ1) is 19.1. The van der Waals surface area contributed by atoms with Crippen molar-refractivity contribution in [2.24, 2.45) is 0 Å². The van der Waals surface area contributed by atoms with Crippen LogP contribution in [0.5, 0.6) is 0 Å². The van der Waals surface area contributed by atoms with Crippen LogP contribution in [0.25, 0.3) is 0 Å². The molecular formula is C20H20N4O4. The molecule has 1 aliphatic rings. The van der Waals surface area contributed by atoms with Gasteiger partial charge in [0.25, 0.3) is 11.8 Å². The summed E-state index contributed by atoms with van der Waals surface area (Å²) in [6.07, 6.45) is 0. The third-order valence-electron chi connectivity index (χ3n) is 4.25. The van der Waals surface area contributed by atoms with Crippen molar-refractivity contribution in [2.45, 2.75) is 6.92 Å². The SMILES string of the molecule is Cc1cccc(NC(=O)c2ccccc2NC(=O)CN2C(=O)CN(C)C2=O)c1. The molecule has 0 spiro atoms. The maximum atomic E-state index is 12.6. The molecule has 8 heteroatoms. The highest BCUT2D eigenvalue weighted by molar-refractivity contribution is 6.11. The lowest BCUT2D eigenvalue weighted by molar-refractivity contribution is -0.129. The summed E-state index contributed by atoms with van der Waals surface area (Å²) in [6.45, 7) is 1.46. The minimum Gasteiger partial charge on any atom is -0.324 e. The number of rotatable bonds is 5. The van der Waals surface area contributed by atoms with Crippen molar-refractivity contribution in [3.63, 3.8) is 0 Å². The fourth-order valence-electron chi connectivity index (χ4n) is 2.87. The molecule has 144 valence electrons. The van der Waals surface area contributed by atoms with E-state index in [1.807, 2.05) is 25.1 Å². The molecule has 1 saturated heterocycles. The number of likely N-dealkylation sites (N-methyl/N-ethyl adjacent to an activating group) is 1. The van der Waals surface area contributed by atoms with E-state index in [9.17, 15) is 19.2 Å². The van der Waals surface area contributed by atoms with Crippen LogP contribution in [0.3, 0.4) is 0 Å². The normalized spacial score (nSPS) is 13.6. The van der Waals surface area contributed by atoms with Crippen LogP contribution in [-0.4, -0.2) is 53.7 Å². The van der Waals surface area contributed by atoms with Gasteiger partial charge >= 0.3 is 6.03 Å². The van der Waals surface area contributed by atoms with Crippen LogP contribution in [-0.2, 0) is 9.59 Å². The number of benzene rings is 2. The molecule has 0 aliphatic carbocycles. The topological polar surface area (TPSA) is 98.8 Å². The Kier molecular flexibility index (Phi) is 5.39. The lowest BCUT2D eigenvalue weighted by Gasteiger charge is -2.15. The molecular weight excluding hydrogens is 360 g/mol. The maximum absolute atomic E-state index is 12.6. The van der Waals surface area contributed by atoms with E-state index in [4.69, 9.17) is 0 Å². The highest BCUT2D eigenvalue weighted by Crippen LogP contribution is 2.18. The highest BCUT2D eigenvalue weighted by atomic mass is 16.2. The van der Waals surface area contributed by atoms with Gasteiger partial charge in [-0.05, 0) is 36.8 Å². The van der Waals surface area contributed by atoms with Gasteiger partial charge in [0.1, 0.15) is 13.1 Å². The van der Waals surface area contributed by atoms with Crippen molar-refractivity contribution in [2.75, 3.05) is 30.8 Å². The van der Waals surface area contributed by atoms with Gasteiger partial charge in [0.15, 0.2) is 0 Å². The van der Waals surface area contributed by atoms with Crippen molar-refractivity contribution in [1.29, 1.82) is 0 Å². The molecule has 1 aliphatic heterocycles. The van der Waals surface area contributed by atoms with Crippen LogP contribution < -0.4 is 10.6 Å². The molecule has 0 radical (unpaired) electrons. The van der Waals surface area contributed by atoms with Crippen molar-refractivity contribution in [1.82, 2.24) is 9.80 Å². The second kappa shape index (κ2) is 7.91. The van der Waals surface area contributed by atoms with Crippen molar-refractivity contribution in [3.8, 4) is 0 Å². The van der Waals surface area contributed by atoms with E-state index in [1.165, 1.54) is 11.9 Å². The molecule has 2 aromatic carbocycles. The van der Waals surface area contributed by atoms with Gasteiger partial charge in [0.2, 0.25) is 5.91 Å². The molecule has 28 heavy (non-hydrogen) atoms. The van der Waals surface area contributed by atoms with Crippen molar-refractivity contribution >= 4 is 35.1 Å². The standard InChI is InChI=1S/C20H20N4O4/c1-13-6-5-7-14(10-13)21-19(27)15-8-3-4-9-16(15)22-17(25)11-24-18(26)12-23(2)20(24)28/h3-10H,11-12H2,1-2H3,(H,21,27)(H,22,25). The molecule has 1 fully saturated rings. The van der Waals surface area contributed by atoms with E-state index < -0.39 is 24.4 Å². The van der Waals surface area contributed by atoms with Gasteiger partial charge in [-0.3, -0.25) is 19.3 Å². The van der Waals surface area contributed by atoms with Crippen LogP contribution >= 0.6 is 0 Å². The van der Waals surface area contributed by atoms with Crippen LogP contribution in [0.1, 0.15) is 15.9 Å². The number of nitrogens with zero attached hydrogens (tertiary/aromatic N) is 2. The van der Waals surface area contributed by atoms with E-state index in [0.29, 0.717) is 11.4 Å². The number of imide groups is 1. The van der Waals surface area contributed by atoms with Crippen molar-refractivity contribution in [3.05, 3.63) is 59.7 Å². The Morgan fingerprint density at radius 1 is 1.04 bits per heavy atom. The Balaban J connectivity index is 1.71. The van der Waals surface area contributed by atoms with Gasteiger partial charge in [-0.1, -0.05) is 24.3 Å². The molecule has 5 amide bonds. The number of anilines is 2. The molecule has 0 atom stereocenters. The molecule has 3 rings (SSSR count). The fourth-order valence-corrected chi connectivity index (χ4v) is 2.87. The maximum Gasteiger partial charge on any atom is 0.327 e. The number of carbonyl (C=O) groups excluding carboxylic acids is 4. The minimum atomic E-state index is -0.562. The number of aryl methyl sites for hydroxylation is 1. The number of nitrogens with one attached hydrogen (secondary N) is 2. The zero-order valence-electron chi connectivity index (χ0n) is 15.6. The lowest BCUT2D eigenvalue weighted by atomic mass is 10.1. The Bertz CT molecular complexity index is 957. The Hall–Kier alpha value is -3.68.